The fourth-order valence-corrected chi connectivity index (χ4v) is 5.14. The van der Waals surface area contributed by atoms with Gasteiger partial charge in [0.05, 0.1) is 17.1 Å². The number of amides is 1. The summed E-state index contributed by atoms with van der Waals surface area (Å²) in [5.74, 6) is 0.0208. The molecule has 0 saturated carbocycles. The lowest BCUT2D eigenvalue weighted by Crippen LogP contribution is -2.50. The Kier molecular flexibility index (Phi) is 5.93. The highest BCUT2D eigenvalue weighted by molar-refractivity contribution is 7.92. The number of sulfonamides is 1. The Morgan fingerprint density at radius 2 is 1.69 bits per heavy atom. The van der Waals surface area contributed by atoms with Crippen LogP contribution in [0.25, 0.3) is 0 Å². The number of rotatable bonds is 5. The Bertz CT molecular complexity index is 1250. The molecule has 0 aromatic heterocycles. The Morgan fingerprint density at radius 1 is 1.00 bits per heavy atom. The molecular formula is C25H26N2O4S. The minimum Gasteiger partial charge on any atom is -0.476 e. The standard InChI is InChI=1S/C25H26N2O4S/c1-17-8-11-21(12-9-17)32(29,30)27-16-24(31-23-14-18(2)10-13-22(23)27)25(28)26-15-20-7-5-4-6-19(20)3/h4-14,24H,15-16H2,1-3H3,(H,26,28)/t24-/m0/s1. The van der Waals surface area contributed by atoms with Gasteiger partial charge in [0.2, 0.25) is 0 Å². The van der Waals surface area contributed by atoms with Crippen molar-refractivity contribution in [2.24, 2.45) is 0 Å². The van der Waals surface area contributed by atoms with E-state index >= 15 is 0 Å². The number of carbonyl (C=O) groups excluding carboxylic acids is 1. The highest BCUT2D eigenvalue weighted by Gasteiger charge is 2.37. The molecule has 0 fully saturated rings. The van der Waals surface area contributed by atoms with E-state index in [1.165, 1.54) is 4.31 Å². The number of ether oxygens (including phenoxy) is 1. The average molecular weight is 451 g/mol. The van der Waals surface area contributed by atoms with Crippen molar-refractivity contribution >= 4 is 21.6 Å². The second-order valence-corrected chi connectivity index (χ2v) is 9.93. The molecule has 3 aromatic carbocycles. The summed E-state index contributed by atoms with van der Waals surface area (Å²) in [5.41, 5.74) is 4.38. The predicted molar refractivity (Wildman–Crippen MR) is 124 cm³/mol. The van der Waals surface area contributed by atoms with Crippen LogP contribution in [0.2, 0.25) is 0 Å². The van der Waals surface area contributed by atoms with Crippen LogP contribution in [0.3, 0.4) is 0 Å². The van der Waals surface area contributed by atoms with E-state index in [0.717, 1.165) is 22.3 Å². The lowest BCUT2D eigenvalue weighted by molar-refractivity contribution is -0.127. The van der Waals surface area contributed by atoms with E-state index in [9.17, 15) is 13.2 Å². The Hall–Kier alpha value is -3.32. The van der Waals surface area contributed by atoms with E-state index < -0.39 is 16.1 Å². The van der Waals surface area contributed by atoms with Gasteiger partial charge >= 0.3 is 0 Å². The number of nitrogens with zero attached hydrogens (tertiary/aromatic N) is 1. The summed E-state index contributed by atoms with van der Waals surface area (Å²) in [6, 6.07) is 19.8. The van der Waals surface area contributed by atoms with Gasteiger partial charge in [0.1, 0.15) is 5.75 Å². The van der Waals surface area contributed by atoms with Gasteiger partial charge in [-0.05, 0) is 61.7 Å². The highest BCUT2D eigenvalue weighted by Crippen LogP contribution is 2.37. The van der Waals surface area contributed by atoms with Gasteiger partial charge in [-0.3, -0.25) is 9.10 Å². The van der Waals surface area contributed by atoms with Crippen LogP contribution in [0.5, 0.6) is 5.75 Å². The summed E-state index contributed by atoms with van der Waals surface area (Å²) in [6.45, 7) is 6.01. The molecule has 166 valence electrons. The first kappa shape index (κ1) is 21.9. The smallest absolute Gasteiger partial charge is 0.264 e. The lowest BCUT2D eigenvalue weighted by atomic mass is 10.1. The summed E-state index contributed by atoms with van der Waals surface area (Å²) in [6.07, 6.45) is -0.964. The summed E-state index contributed by atoms with van der Waals surface area (Å²) in [5, 5.41) is 2.89. The summed E-state index contributed by atoms with van der Waals surface area (Å²) >= 11 is 0. The molecule has 1 atom stereocenters. The molecule has 1 aliphatic heterocycles. The largest absolute Gasteiger partial charge is 0.476 e. The number of fused-ring (bicyclic) bond motifs is 1. The number of hydrogen-bond acceptors (Lipinski definition) is 4. The molecule has 0 aliphatic carbocycles. The molecule has 3 aromatic rings. The fourth-order valence-electron chi connectivity index (χ4n) is 3.67. The molecule has 6 nitrogen and oxygen atoms in total. The first-order valence-electron chi connectivity index (χ1n) is 10.4. The number of benzene rings is 3. The third kappa shape index (κ3) is 4.34. The maximum Gasteiger partial charge on any atom is 0.264 e. The molecule has 1 N–H and O–H groups in total. The zero-order valence-corrected chi connectivity index (χ0v) is 19.1. The van der Waals surface area contributed by atoms with Crippen molar-refractivity contribution in [2.75, 3.05) is 10.8 Å². The van der Waals surface area contributed by atoms with Crippen molar-refractivity contribution in [1.82, 2.24) is 5.32 Å². The zero-order chi connectivity index (χ0) is 22.9. The van der Waals surface area contributed by atoms with E-state index in [1.54, 1.807) is 36.4 Å². The van der Waals surface area contributed by atoms with Gasteiger partial charge in [0.15, 0.2) is 6.10 Å². The Balaban J connectivity index is 1.63. The summed E-state index contributed by atoms with van der Waals surface area (Å²) in [4.78, 5) is 13.1. The second-order valence-electron chi connectivity index (χ2n) is 8.07. The van der Waals surface area contributed by atoms with Crippen LogP contribution in [-0.2, 0) is 21.4 Å². The van der Waals surface area contributed by atoms with Gasteiger partial charge in [-0.25, -0.2) is 8.42 Å². The quantitative estimate of drug-likeness (QED) is 0.640. The third-order valence-electron chi connectivity index (χ3n) is 5.60. The van der Waals surface area contributed by atoms with Crippen molar-refractivity contribution in [3.63, 3.8) is 0 Å². The normalized spacial score (nSPS) is 15.6. The van der Waals surface area contributed by atoms with E-state index in [0.29, 0.717) is 18.0 Å². The van der Waals surface area contributed by atoms with Gasteiger partial charge in [-0.1, -0.05) is 48.0 Å². The fraction of sp³-hybridized carbons (Fsp3) is 0.240. The molecule has 0 spiro atoms. The Labute approximate surface area is 188 Å². The summed E-state index contributed by atoms with van der Waals surface area (Å²) < 4.78 is 34.2. The minimum absolute atomic E-state index is 0.105. The van der Waals surface area contributed by atoms with Crippen LogP contribution >= 0.6 is 0 Å². The van der Waals surface area contributed by atoms with E-state index in [4.69, 9.17) is 4.74 Å². The van der Waals surface area contributed by atoms with Crippen LogP contribution in [-0.4, -0.2) is 27.0 Å². The second kappa shape index (κ2) is 8.67. The molecule has 0 unspecified atom stereocenters. The molecule has 1 amide bonds. The van der Waals surface area contributed by atoms with Gasteiger partial charge in [0.25, 0.3) is 15.9 Å². The van der Waals surface area contributed by atoms with Crippen LogP contribution in [0, 0.1) is 20.8 Å². The number of aryl methyl sites for hydroxylation is 3. The maximum absolute atomic E-state index is 13.5. The van der Waals surface area contributed by atoms with Crippen molar-refractivity contribution in [3.05, 3.63) is 89.0 Å². The molecule has 32 heavy (non-hydrogen) atoms. The molecule has 1 aliphatic rings. The monoisotopic (exact) mass is 450 g/mol. The SMILES string of the molecule is Cc1ccc(S(=O)(=O)N2C[C@@H](C(=O)NCc3ccccc3C)Oc3cc(C)ccc32)cc1. The van der Waals surface area contributed by atoms with Crippen molar-refractivity contribution < 1.29 is 17.9 Å². The number of hydrogen-bond donors (Lipinski definition) is 1. The molecule has 0 bridgehead atoms. The highest BCUT2D eigenvalue weighted by atomic mass is 32.2. The predicted octanol–water partition coefficient (Wildman–Crippen LogP) is 3.88. The van der Waals surface area contributed by atoms with E-state index in [-0.39, 0.29) is 17.3 Å². The van der Waals surface area contributed by atoms with E-state index in [1.807, 2.05) is 51.1 Å². The molecule has 0 radical (unpaired) electrons. The van der Waals surface area contributed by atoms with Crippen LogP contribution in [0.15, 0.2) is 71.6 Å². The van der Waals surface area contributed by atoms with Crippen molar-refractivity contribution in [3.8, 4) is 5.75 Å². The third-order valence-corrected chi connectivity index (χ3v) is 7.39. The van der Waals surface area contributed by atoms with Crippen molar-refractivity contribution in [2.45, 2.75) is 38.3 Å². The Morgan fingerprint density at radius 3 is 2.41 bits per heavy atom. The number of anilines is 1. The average Bonchev–Trinajstić information content (AvgIpc) is 2.77. The first-order chi connectivity index (χ1) is 15.3. The maximum atomic E-state index is 13.5. The zero-order valence-electron chi connectivity index (χ0n) is 18.3. The minimum atomic E-state index is -3.87. The lowest BCUT2D eigenvalue weighted by Gasteiger charge is -2.35. The van der Waals surface area contributed by atoms with Gasteiger partial charge < -0.3 is 10.1 Å². The van der Waals surface area contributed by atoms with Crippen LogP contribution in [0.1, 0.15) is 22.3 Å². The number of nitrogens with one attached hydrogen (secondary N) is 1. The van der Waals surface area contributed by atoms with E-state index in [2.05, 4.69) is 5.32 Å². The van der Waals surface area contributed by atoms with Gasteiger partial charge in [0, 0.05) is 6.54 Å². The molecule has 4 rings (SSSR count). The molecule has 0 saturated heterocycles. The molecule has 1 heterocycles. The number of carbonyl (C=O) groups is 1. The van der Waals surface area contributed by atoms with Crippen LogP contribution in [0.4, 0.5) is 5.69 Å². The van der Waals surface area contributed by atoms with Gasteiger partial charge in [-0.2, -0.15) is 0 Å². The molecule has 7 heteroatoms. The van der Waals surface area contributed by atoms with Crippen molar-refractivity contribution in [1.29, 1.82) is 0 Å². The summed E-state index contributed by atoms with van der Waals surface area (Å²) in [7, 11) is -3.87. The molecular weight excluding hydrogens is 424 g/mol. The van der Waals surface area contributed by atoms with Crippen LogP contribution < -0.4 is 14.4 Å². The first-order valence-corrected chi connectivity index (χ1v) is 11.9. The van der Waals surface area contributed by atoms with Gasteiger partial charge in [-0.15, -0.1) is 0 Å². The topological polar surface area (TPSA) is 75.7 Å².